The Morgan fingerprint density at radius 3 is 1.14 bits per heavy atom. The Morgan fingerprint density at radius 1 is 0.462 bits per heavy atom. The minimum Gasteiger partial charge on any atom is -1.00 e. The number of ether oxygens (including phenoxy) is 5. The van der Waals surface area contributed by atoms with Crippen molar-refractivity contribution in [2.45, 2.75) is 64.4 Å². The maximum absolute atomic E-state index is 11.4. The standard InChI is InChI=1S/C21H21OP.C9H10O4.C8H8O2.2C7H6O3.C7H8O2.C6H6O2.C5H4O3.C5H4O2.C4H7O2.BrH.Mg/c1-2-22-18-23(19-12-6-3-7-13-19,20-14-8-4-9-15-20)21-16-10-5-11-17-21;10-7(8-2-1-3-11-8)6-9-12-4-5-13-9;1-2-4-7(9)8-5-3-6-10-8;2*8-4-3-6(9)7-2-1-5-10-7;8-5-1-3-7-4-2-6-9-7;7-4-3-6-2-1-5-8-6;6-5(7)4-2-1-3-8-4;6-4-5-2-1-3-7-5;1-4-5-2-3-6-4;;/h3-18H,2H2,1H3;1-3,9H,4-6H2;2-3,5-6H,1,4H2;2*1-2,4-5H,3H2;2,4-6H,1,3H2;1-2,4-5H,3H2;1-3H,(H,6,7);1-4H;4H,1-3H2;1H;/q;;;;;;;;;-1;;+2/p-1. The Labute approximate surface area is 638 Å². The van der Waals surface area contributed by atoms with Crippen LogP contribution in [0.15, 0.2) is 286 Å². The number of carbonyl (C=O) groups is 10. The molecule has 24 nitrogen and oxygen atoms in total. The summed E-state index contributed by atoms with van der Waals surface area (Å²) in [5.41, 5.74) is 0. The molecule has 2 fully saturated rings. The van der Waals surface area contributed by atoms with Gasteiger partial charge in [-0.1, -0.05) is 97.1 Å². The summed E-state index contributed by atoms with van der Waals surface area (Å²) >= 11 is 0. The number of hydrogen-bond donors (Lipinski definition) is 1. The van der Waals surface area contributed by atoms with Crippen molar-refractivity contribution in [3.63, 3.8) is 0 Å². The van der Waals surface area contributed by atoms with Gasteiger partial charge in [-0.2, -0.15) is 0 Å². The van der Waals surface area contributed by atoms with Gasteiger partial charge in [-0.3, -0.25) is 30.9 Å². The van der Waals surface area contributed by atoms with Gasteiger partial charge in [0.1, 0.15) is 36.7 Å². The van der Waals surface area contributed by atoms with Gasteiger partial charge in [-0.15, -0.1) is 6.58 Å². The van der Waals surface area contributed by atoms with E-state index in [9.17, 15) is 47.9 Å². The minimum atomic E-state index is -1.92. The molecular weight excluding hydrogens is 1470 g/mol. The zero-order valence-corrected chi connectivity index (χ0v) is 61.9. The fraction of sp³-hybridized carbons (Fsp3) is 0.190. The van der Waals surface area contributed by atoms with E-state index < -0.39 is 19.1 Å². The first-order chi connectivity index (χ1) is 50.8. The van der Waals surface area contributed by atoms with Gasteiger partial charge in [0.15, 0.2) is 41.4 Å². The van der Waals surface area contributed by atoms with E-state index in [1.54, 1.807) is 79.3 Å². The fourth-order valence-electron chi connectivity index (χ4n) is 8.25. The van der Waals surface area contributed by atoms with E-state index in [0.29, 0.717) is 88.4 Å². The van der Waals surface area contributed by atoms with Gasteiger partial charge in [0.2, 0.25) is 28.9 Å². The van der Waals surface area contributed by atoms with Crippen LogP contribution in [0.5, 0.6) is 0 Å². The number of halogens is 1. The predicted octanol–water partition coefficient (Wildman–Crippen LogP) is 10.5. The zero-order chi connectivity index (χ0) is 75.1. The van der Waals surface area contributed by atoms with Crippen LogP contribution in [0, 0.1) is 6.92 Å². The number of allylic oxidation sites excluding steroid dienone is 1. The molecule has 2 saturated heterocycles. The summed E-state index contributed by atoms with van der Waals surface area (Å²) in [5, 5.41) is 12.1. The van der Waals surface area contributed by atoms with Gasteiger partial charge >= 0.3 is 29.0 Å². The van der Waals surface area contributed by atoms with Gasteiger partial charge in [0, 0.05) is 38.1 Å². The summed E-state index contributed by atoms with van der Waals surface area (Å²) in [4.78, 5) is 103. The molecule has 106 heavy (non-hydrogen) atoms. The molecule has 554 valence electrons. The van der Waals surface area contributed by atoms with E-state index >= 15 is 0 Å². The smallest absolute Gasteiger partial charge is 1.00 e. The normalized spacial score (nSPS) is 11.4. The topological polar surface area (TPSA) is 342 Å². The van der Waals surface area contributed by atoms with Crippen LogP contribution in [-0.2, 0) is 55.7 Å². The Kier molecular flexibility index (Phi) is 49.1. The molecule has 0 bridgehead atoms. The van der Waals surface area contributed by atoms with Crippen LogP contribution in [0.1, 0.15) is 114 Å². The number of aryl methyl sites for hydroxylation is 1. The third-order valence-corrected chi connectivity index (χ3v) is 16.8. The zero-order valence-electron chi connectivity index (χ0n) is 58.0. The number of benzene rings is 3. The molecular formula is C79H80BrMgO24P. The molecule has 0 atom stereocenters. The molecule has 0 saturated carbocycles. The Morgan fingerprint density at radius 2 is 0.840 bits per heavy atom. The molecule has 11 aromatic rings. The predicted molar refractivity (Wildman–Crippen MR) is 390 cm³/mol. The van der Waals surface area contributed by atoms with Gasteiger partial charge in [0.25, 0.3) is 0 Å². The van der Waals surface area contributed by atoms with Crippen molar-refractivity contribution in [1.82, 2.24) is 0 Å². The number of carboxylic acids is 1. The van der Waals surface area contributed by atoms with Crippen LogP contribution in [0.25, 0.3) is 0 Å². The number of aldehydes is 5. The van der Waals surface area contributed by atoms with E-state index in [-0.39, 0.29) is 106 Å². The Bertz CT molecular complexity index is 3860. The number of ketones is 4. The van der Waals surface area contributed by atoms with Gasteiger partial charge < -0.3 is 100 Å². The van der Waals surface area contributed by atoms with Crippen molar-refractivity contribution in [2.24, 2.45) is 0 Å². The van der Waals surface area contributed by atoms with Crippen molar-refractivity contribution in [3.05, 3.63) is 304 Å². The maximum Gasteiger partial charge on any atom is 2.00 e. The molecule has 0 spiro atoms. The van der Waals surface area contributed by atoms with Gasteiger partial charge in [-0.05, 0) is 127 Å². The van der Waals surface area contributed by atoms with Crippen LogP contribution >= 0.6 is 6.89 Å². The van der Waals surface area contributed by atoms with Crippen LogP contribution in [0.3, 0.4) is 0 Å². The van der Waals surface area contributed by atoms with Crippen molar-refractivity contribution >= 4 is 112 Å². The monoisotopic (exact) mass is 1550 g/mol. The van der Waals surface area contributed by atoms with Gasteiger partial charge in [0.05, 0.1) is 102 Å². The largest absolute Gasteiger partial charge is 2.00 e. The molecule has 0 amide bonds. The molecule has 1 N–H and O–H groups in total. The molecule has 0 aliphatic carbocycles. The SMILES string of the molecule is C=CCC(=O)c1ccco1.CCOC=P(c1ccccc1)(c1ccccc1)c1ccccc1.O=C(CC1OCCO1)c1ccco1.O=C(O)c1ccco1.O=CCC(=O)c1ccco1.O=CCC(=O)c1ccco1.O=CCCc1ccco1.O=CCc1ccco1.O=Cc1ccco1.[Br-].[CH2-]C1OCCO1.[Mg+2]. The molecule has 2 aliphatic rings. The number of aromatic carboxylic acids is 1. The average Bonchev–Trinajstić information content (AvgIpc) is 0.992. The first-order valence-corrected chi connectivity index (χ1v) is 33.9. The second kappa shape index (κ2) is 56.9. The van der Waals surface area contributed by atoms with Crippen LogP contribution in [-0.4, -0.2) is 140 Å². The van der Waals surface area contributed by atoms with E-state index in [0.717, 1.165) is 30.5 Å². The summed E-state index contributed by atoms with van der Waals surface area (Å²) in [5.74, 6) is 3.59. The fourth-order valence-corrected chi connectivity index (χ4v) is 11.8. The number of carboxylic acid groups (broad SMARTS) is 1. The summed E-state index contributed by atoms with van der Waals surface area (Å²) in [6.07, 6.45) is 18.2. The Balaban J connectivity index is 0.000000411. The van der Waals surface area contributed by atoms with E-state index in [4.69, 9.17) is 55.3 Å². The molecule has 3 aromatic carbocycles. The molecule has 13 rings (SSSR count). The third-order valence-electron chi connectivity index (χ3n) is 13.0. The van der Waals surface area contributed by atoms with E-state index in [2.05, 4.69) is 119 Å². The number of rotatable bonds is 24. The first kappa shape index (κ1) is 91.6. The van der Waals surface area contributed by atoms with Crippen molar-refractivity contribution in [3.8, 4) is 0 Å². The minimum absolute atomic E-state index is 0. The maximum atomic E-state index is 11.4. The molecule has 0 unspecified atom stereocenters. The molecule has 27 heteroatoms. The Hall–Kier alpha value is -10.5. The van der Waals surface area contributed by atoms with E-state index in [1.165, 1.54) is 77.8 Å². The van der Waals surface area contributed by atoms with E-state index in [1.807, 2.05) is 19.1 Å². The molecule has 2 aliphatic heterocycles. The summed E-state index contributed by atoms with van der Waals surface area (Å²) < 4.78 is 64.0. The summed E-state index contributed by atoms with van der Waals surface area (Å²) in [6, 6.07) is 58.5. The number of furan rings is 8. The van der Waals surface area contributed by atoms with Crippen LogP contribution < -0.4 is 32.9 Å². The quantitative estimate of drug-likeness (QED) is 0.0112. The molecule has 10 heterocycles. The van der Waals surface area contributed by atoms with Crippen LogP contribution in [0.4, 0.5) is 0 Å². The van der Waals surface area contributed by atoms with Crippen molar-refractivity contribution in [2.75, 3.05) is 33.0 Å². The molecule has 0 radical (unpaired) electrons. The number of hydrogen-bond acceptors (Lipinski definition) is 23. The van der Waals surface area contributed by atoms with Crippen molar-refractivity contribution < 1.29 is 129 Å². The number of carbonyl (C=O) groups excluding carboxylic acids is 9. The molecule has 8 aromatic heterocycles. The van der Waals surface area contributed by atoms with Gasteiger partial charge in [-0.25, -0.2) is 4.79 Å². The average molecular weight is 1550 g/mol. The van der Waals surface area contributed by atoms with Crippen molar-refractivity contribution in [1.29, 1.82) is 0 Å². The second-order valence-corrected chi connectivity index (χ2v) is 23.5. The summed E-state index contributed by atoms with van der Waals surface area (Å²) in [6.45, 7) is 10.3. The second-order valence-electron chi connectivity index (χ2n) is 20.3. The third kappa shape index (κ3) is 36.3. The van der Waals surface area contributed by atoms with Crippen LogP contribution in [0.2, 0.25) is 0 Å². The summed E-state index contributed by atoms with van der Waals surface area (Å²) in [7, 11) is 0. The number of Topliss-reactive ketones (excluding diaryl/α,β-unsaturated/α-hetero) is 4. The first-order valence-electron chi connectivity index (χ1n) is 32.0.